The molecule has 0 heterocycles. The van der Waals surface area contributed by atoms with Crippen LogP contribution in [0.1, 0.15) is 123 Å². The van der Waals surface area contributed by atoms with Gasteiger partial charge in [-0.1, -0.05) is 103 Å². The molecule has 0 saturated heterocycles. The number of unbranched alkanes of at least 4 members (excludes halogenated alkanes) is 15. The van der Waals surface area contributed by atoms with Crippen molar-refractivity contribution in [1.82, 2.24) is 0 Å². The van der Waals surface area contributed by atoms with E-state index < -0.39 is 4.92 Å². The van der Waals surface area contributed by atoms with Gasteiger partial charge < -0.3 is 19.8 Å². The highest BCUT2D eigenvalue weighted by atomic mass is 16.6. The number of phenolic OH excluding ortho intramolecular Hbond substituents is 2. The van der Waals surface area contributed by atoms with Gasteiger partial charge in [0.15, 0.2) is 0 Å². The number of non-ortho nitro benzene ring substituents is 1. The quantitative estimate of drug-likeness (QED) is 0.0197. The van der Waals surface area contributed by atoms with Crippen LogP contribution in [-0.4, -0.2) is 40.8 Å². The highest BCUT2D eigenvalue weighted by Gasteiger charge is 2.11. The zero-order valence-electron chi connectivity index (χ0n) is 31.6. The summed E-state index contributed by atoms with van der Waals surface area (Å²) in [6.07, 6.45) is 21.3. The maximum atomic E-state index is 12.3. The molecule has 12 nitrogen and oxygen atoms in total. The molecule has 0 fully saturated rings. The fourth-order valence-electron chi connectivity index (χ4n) is 5.94. The number of phenols is 2. The molecule has 0 aliphatic rings. The van der Waals surface area contributed by atoms with E-state index in [1.165, 1.54) is 126 Å². The molecule has 0 aliphatic heterocycles. The number of hydrogen-bond donors (Lipinski definition) is 2. The van der Waals surface area contributed by atoms with Crippen molar-refractivity contribution in [2.75, 3.05) is 24.6 Å². The number of hydrogen-bond acceptors (Lipinski definition) is 11. The molecule has 288 valence electrons. The van der Waals surface area contributed by atoms with E-state index in [1.807, 2.05) is 19.1 Å². The molecule has 3 aromatic rings. The normalized spacial score (nSPS) is 11.4. The number of carbonyl (C=O) groups excluding carboxylic acids is 1. The highest BCUT2D eigenvalue weighted by Crippen LogP contribution is 2.40. The Kier molecular flexibility index (Phi) is 20.2. The first-order valence-electron chi connectivity index (χ1n) is 19.4. The van der Waals surface area contributed by atoms with Crippen LogP contribution in [0.2, 0.25) is 0 Å². The van der Waals surface area contributed by atoms with Crippen molar-refractivity contribution in [2.45, 2.75) is 123 Å². The lowest BCUT2D eigenvalue weighted by Gasteiger charge is -2.23. The van der Waals surface area contributed by atoms with Crippen molar-refractivity contribution in [3.63, 3.8) is 0 Å². The molecule has 3 aromatic carbocycles. The van der Waals surface area contributed by atoms with Gasteiger partial charge in [-0.2, -0.15) is 10.2 Å². The molecule has 0 spiro atoms. The summed E-state index contributed by atoms with van der Waals surface area (Å²) in [4.78, 5) is 24.7. The SMILES string of the molecule is CCCCCCCCCCCCCCCCCCC(=O)OCCN(CC)c1ccc(N=Nc2cc(O)c(N=Nc3ccc([N+](=O)[O-])cc3)cc2O)cc1. The molecule has 0 saturated carbocycles. The lowest BCUT2D eigenvalue weighted by Crippen LogP contribution is -2.27. The van der Waals surface area contributed by atoms with Gasteiger partial charge in [0.2, 0.25) is 0 Å². The third kappa shape index (κ3) is 17.0. The van der Waals surface area contributed by atoms with Crippen LogP contribution in [0.5, 0.6) is 11.5 Å². The Morgan fingerprint density at radius 2 is 1.09 bits per heavy atom. The van der Waals surface area contributed by atoms with Gasteiger partial charge in [0.05, 0.1) is 22.8 Å². The molecular weight excluding hydrogens is 672 g/mol. The first-order chi connectivity index (χ1) is 25.8. The van der Waals surface area contributed by atoms with Crippen LogP contribution in [0.25, 0.3) is 0 Å². The number of nitrogens with zero attached hydrogens (tertiary/aromatic N) is 6. The van der Waals surface area contributed by atoms with E-state index in [0.717, 1.165) is 25.1 Å². The van der Waals surface area contributed by atoms with Crippen molar-refractivity contribution >= 4 is 40.1 Å². The number of carbonyl (C=O) groups is 1. The maximum absolute atomic E-state index is 12.3. The third-order valence-electron chi connectivity index (χ3n) is 9.13. The van der Waals surface area contributed by atoms with Gasteiger partial charge in [0.25, 0.3) is 5.69 Å². The number of nitro benzene ring substituents is 1. The minimum absolute atomic E-state index is 0.00490. The Labute approximate surface area is 314 Å². The zero-order chi connectivity index (χ0) is 38.1. The number of aromatic hydroxyl groups is 2. The molecule has 12 heteroatoms. The van der Waals surface area contributed by atoms with Crippen LogP contribution < -0.4 is 4.90 Å². The number of ether oxygens (including phenoxy) is 1. The minimum atomic E-state index is -0.518. The number of azo groups is 2. The molecule has 0 bridgehead atoms. The molecule has 0 aliphatic carbocycles. The van der Waals surface area contributed by atoms with Crippen LogP contribution in [0.15, 0.2) is 81.1 Å². The van der Waals surface area contributed by atoms with E-state index in [4.69, 9.17) is 4.74 Å². The average Bonchev–Trinajstić information content (AvgIpc) is 3.16. The van der Waals surface area contributed by atoms with Gasteiger partial charge in [0, 0.05) is 42.9 Å². The second-order valence-electron chi connectivity index (χ2n) is 13.4. The summed E-state index contributed by atoms with van der Waals surface area (Å²) >= 11 is 0. The first-order valence-corrected chi connectivity index (χ1v) is 19.4. The lowest BCUT2D eigenvalue weighted by molar-refractivity contribution is -0.384. The van der Waals surface area contributed by atoms with E-state index in [9.17, 15) is 25.1 Å². The number of anilines is 1. The van der Waals surface area contributed by atoms with E-state index in [-0.39, 0.29) is 34.5 Å². The molecule has 0 unspecified atom stereocenters. The third-order valence-corrected chi connectivity index (χ3v) is 9.13. The Hall–Kier alpha value is -4.87. The molecule has 3 rings (SSSR count). The van der Waals surface area contributed by atoms with Gasteiger partial charge in [-0.25, -0.2) is 0 Å². The summed E-state index contributed by atoms with van der Waals surface area (Å²) in [5, 5.41) is 47.7. The van der Waals surface area contributed by atoms with Crippen molar-refractivity contribution in [3.05, 3.63) is 70.8 Å². The number of esters is 1. The van der Waals surface area contributed by atoms with E-state index >= 15 is 0 Å². The van der Waals surface area contributed by atoms with Gasteiger partial charge in [-0.15, -0.1) is 10.2 Å². The standard InChI is InChI=1S/C41H58N6O6/c1-3-5-6-7-8-9-10-11-12-13-14-15-16-17-18-19-20-41(50)53-30-29-46(4-2)35-25-21-33(22-26-35)42-44-37-31-40(49)38(32-39(37)48)45-43-34-23-27-36(28-24-34)47(51)52/h21-28,31-32,48-49H,3-20,29-30H2,1-2H3. The monoisotopic (exact) mass is 730 g/mol. The maximum Gasteiger partial charge on any atom is 0.305 e. The Morgan fingerprint density at radius 3 is 1.53 bits per heavy atom. The summed E-state index contributed by atoms with van der Waals surface area (Å²) in [5.74, 6) is -0.679. The fourth-order valence-corrected chi connectivity index (χ4v) is 5.94. The molecule has 0 atom stereocenters. The van der Waals surface area contributed by atoms with Crippen LogP contribution in [0.4, 0.5) is 34.1 Å². The molecule has 2 N–H and O–H groups in total. The molecule has 0 radical (unpaired) electrons. The second-order valence-corrected chi connectivity index (χ2v) is 13.4. The van der Waals surface area contributed by atoms with Crippen LogP contribution >= 0.6 is 0 Å². The topological polar surface area (TPSA) is 163 Å². The van der Waals surface area contributed by atoms with Crippen molar-refractivity contribution in [2.24, 2.45) is 20.5 Å². The van der Waals surface area contributed by atoms with E-state index in [1.54, 1.807) is 12.1 Å². The fraction of sp³-hybridized carbons (Fsp3) is 0.537. The van der Waals surface area contributed by atoms with Crippen LogP contribution in [0.3, 0.4) is 0 Å². The summed E-state index contributed by atoms with van der Waals surface area (Å²) in [6, 6.07) is 15.2. The predicted octanol–water partition coefficient (Wildman–Crippen LogP) is 12.9. The van der Waals surface area contributed by atoms with Gasteiger partial charge in [0.1, 0.15) is 29.5 Å². The first kappa shape index (κ1) is 42.5. The Bertz CT molecular complexity index is 1560. The summed E-state index contributed by atoms with van der Waals surface area (Å²) < 4.78 is 5.52. The highest BCUT2D eigenvalue weighted by molar-refractivity contribution is 5.69. The van der Waals surface area contributed by atoms with Crippen LogP contribution in [0, 0.1) is 10.1 Å². The number of nitro groups is 1. The smallest absolute Gasteiger partial charge is 0.305 e. The zero-order valence-corrected chi connectivity index (χ0v) is 31.6. The number of likely N-dealkylation sites (N-methyl/N-ethyl adjacent to an activating group) is 1. The summed E-state index contributed by atoms with van der Waals surface area (Å²) in [6.45, 7) is 5.93. The molecule has 0 amide bonds. The molecule has 53 heavy (non-hydrogen) atoms. The van der Waals surface area contributed by atoms with Crippen molar-refractivity contribution < 1.29 is 24.7 Å². The largest absolute Gasteiger partial charge is 0.506 e. The number of benzene rings is 3. The molecule has 0 aromatic heterocycles. The molecular formula is C41H58N6O6. The van der Waals surface area contributed by atoms with Crippen molar-refractivity contribution in [3.8, 4) is 11.5 Å². The second kappa shape index (κ2) is 25.2. The van der Waals surface area contributed by atoms with Crippen LogP contribution in [-0.2, 0) is 9.53 Å². The lowest BCUT2D eigenvalue weighted by atomic mass is 10.0. The Morgan fingerprint density at radius 1 is 0.660 bits per heavy atom. The number of rotatable bonds is 27. The minimum Gasteiger partial charge on any atom is -0.506 e. The predicted molar refractivity (Wildman–Crippen MR) is 211 cm³/mol. The van der Waals surface area contributed by atoms with E-state index in [2.05, 4.69) is 32.3 Å². The van der Waals surface area contributed by atoms with Gasteiger partial charge in [-0.3, -0.25) is 14.9 Å². The average molecular weight is 731 g/mol. The van der Waals surface area contributed by atoms with Gasteiger partial charge >= 0.3 is 5.97 Å². The van der Waals surface area contributed by atoms with E-state index in [0.29, 0.717) is 30.9 Å². The van der Waals surface area contributed by atoms with Crippen molar-refractivity contribution in [1.29, 1.82) is 0 Å². The summed E-state index contributed by atoms with van der Waals surface area (Å²) in [5.41, 5.74) is 1.78. The summed E-state index contributed by atoms with van der Waals surface area (Å²) in [7, 11) is 0. The van der Waals surface area contributed by atoms with Gasteiger partial charge in [-0.05, 0) is 49.7 Å². The Balaban J connectivity index is 1.29.